The van der Waals surface area contributed by atoms with Gasteiger partial charge in [0.15, 0.2) is 0 Å². The second kappa shape index (κ2) is 9.54. The van der Waals surface area contributed by atoms with Crippen molar-refractivity contribution in [1.29, 1.82) is 0 Å². The molecule has 8 heteroatoms. The van der Waals surface area contributed by atoms with Gasteiger partial charge in [-0.3, -0.25) is 14.5 Å². The molecule has 2 amide bonds. The van der Waals surface area contributed by atoms with E-state index in [0.717, 1.165) is 24.4 Å². The van der Waals surface area contributed by atoms with Crippen molar-refractivity contribution in [3.8, 4) is 0 Å². The Bertz CT molecular complexity index is 677. The molecule has 0 aromatic heterocycles. The average molecular weight is 394 g/mol. The lowest BCUT2D eigenvalue weighted by atomic mass is 10.1. The van der Waals surface area contributed by atoms with E-state index in [-0.39, 0.29) is 23.3 Å². The summed E-state index contributed by atoms with van der Waals surface area (Å²) in [5.41, 5.74) is 1.24. The summed E-state index contributed by atoms with van der Waals surface area (Å²) in [6, 6.07) is 5.46. The van der Waals surface area contributed by atoms with E-state index in [0.29, 0.717) is 37.6 Å². The number of ether oxygens (including phenoxy) is 2. The van der Waals surface area contributed by atoms with Crippen LogP contribution in [0.15, 0.2) is 23.1 Å². The molecule has 7 nitrogen and oxygen atoms in total. The Labute approximate surface area is 164 Å². The number of amides is 2. The van der Waals surface area contributed by atoms with Gasteiger partial charge in [-0.05, 0) is 38.5 Å². The molecule has 3 rings (SSSR count). The standard InChI is InChI=1S/C19H27N3O4S/c1-13(2)26-9-3-6-20-17(23)14-4-5-16-15(12-14)21-18(24)19(27-16)22-7-10-25-11-8-22/h4-5,12-13,19H,3,6-11H2,1-2H3,(H,20,23)(H,21,24)/t19-/m1/s1. The molecule has 0 radical (unpaired) electrons. The lowest BCUT2D eigenvalue weighted by Crippen LogP contribution is -2.48. The van der Waals surface area contributed by atoms with Crippen molar-refractivity contribution >= 4 is 29.3 Å². The molecule has 148 valence electrons. The lowest BCUT2D eigenvalue weighted by Gasteiger charge is -2.35. The number of carbonyl (C=O) groups is 2. The maximum atomic E-state index is 12.5. The van der Waals surface area contributed by atoms with Crippen LogP contribution in [-0.4, -0.2) is 67.6 Å². The zero-order chi connectivity index (χ0) is 19.2. The summed E-state index contributed by atoms with van der Waals surface area (Å²) in [4.78, 5) is 27.9. The summed E-state index contributed by atoms with van der Waals surface area (Å²) >= 11 is 1.53. The van der Waals surface area contributed by atoms with Crippen LogP contribution in [0.5, 0.6) is 0 Å². The Morgan fingerprint density at radius 3 is 2.93 bits per heavy atom. The highest BCUT2D eigenvalue weighted by atomic mass is 32.2. The van der Waals surface area contributed by atoms with Crippen molar-refractivity contribution in [3.63, 3.8) is 0 Å². The van der Waals surface area contributed by atoms with E-state index in [1.165, 1.54) is 11.8 Å². The van der Waals surface area contributed by atoms with Crippen LogP contribution in [0.4, 0.5) is 5.69 Å². The largest absolute Gasteiger partial charge is 0.379 e. The number of anilines is 1. The fourth-order valence-corrected chi connectivity index (χ4v) is 4.14. The van der Waals surface area contributed by atoms with Gasteiger partial charge < -0.3 is 20.1 Å². The molecule has 1 aromatic rings. The predicted molar refractivity (Wildman–Crippen MR) is 105 cm³/mol. The second-order valence-corrected chi connectivity index (χ2v) is 7.97. The molecule has 1 atom stereocenters. The van der Waals surface area contributed by atoms with Crippen molar-refractivity contribution in [3.05, 3.63) is 23.8 Å². The van der Waals surface area contributed by atoms with E-state index in [2.05, 4.69) is 15.5 Å². The maximum Gasteiger partial charge on any atom is 0.252 e. The van der Waals surface area contributed by atoms with Crippen molar-refractivity contribution in [1.82, 2.24) is 10.2 Å². The Kier molecular flexibility index (Phi) is 7.12. The maximum absolute atomic E-state index is 12.5. The Hall–Kier alpha value is -1.61. The van der Waals surface area contributed by atoms with Gasteiger partial charge in [-0.1, -0.05) is 11.8 Å². The molecular weight excluding hydrogens is 366 g/mol. The zero-order valence-electron chi connectivity index (χ0n) is 15.8. The van der Waals surface area contributed by atoms with Gasteiger partial charge in [0.2, 0.25) is 0 Å². The minimum atomic E-state index is -0.248. The molecule has 0 aliphatic carbocycles. The minimum absolute atomic E-state index is 0.0437. The van der Waals surface area contributed by atoms with Crippen LogP contribution in [-0.2, 0) is 14.3 Å². The number of thioether (sulfide) groups is 1. The van der Waals surface area contributed by atoms with Gasteiger partial charge in [0, 0.05) is 36.7 Å². The smallest absolute Gasteiger partial charge is 0.252 e. The number of morpholine rings is 1. The first-order valence-electron chi connectivity index (χ1n) is 9.38. The fraction of sp³-hybridized carbons (Fsp3) is 0.579. The molecule has 27 heavy (non-hydrogen) atoms. The average Bonchev–Trinajstić information content (AvgIpc) is 2.67. The third kappa shape index (κ3) is 5.44. The van der Waals surface area contributed by atoms with Crippen LogP contribution in [0.25, 0.3) is 0 Å². The molecule has 2 heterocycles. The highest BCUT2D eigenvalue weighted by Gasteiger charge is 2.33. The Balaban J connectivity index is 1.56. The number of nitrogens with one attached hydrogen (secondary N) is 2. The molecule has 1 saturated heterocycles. The number of hydrogen-bond acceptors (Lipinski definition) is 6. The molecule has 1 fully saturated rings. The number of nitrogens with zero attached hydrogens (tertiary/aromatic N) is 1. The third-order valence-corrected chi connectivity index (χ3v) is 5.74. The van der Waals surface area contributed by atoms with E-state index >= 15 is 0 Å². The summed E-state index contributed by atoms with van der Waals surface area (Å²) in [5, 5.41) is 5.59. The van der Waals surface area contributed by atoms with Gasteiger partial charge in [0.25, 0.3) is 11.8 Å². The molecule has 2 aliphatic heterocycles. The minimum Gasteiger partial charge on any atom is -0.379 e. The number of rotatable bonds is 7. The number of carbonyl (C=O) groups excluding carboxylic acids is 2. The van der Waals surface area contributed by atoms with E-state index in [4.69, 9.17) is 9.47 Å². The number of benzene rings is 1. The van der Waals surface area contributed by atoms with Crippen molar-refractivity contribution in [2.75, 3.05) is 44.8 Å². The first-order chi connectivity index (χ1) is 13.0. The summed E-state index contributed by atoms with van der Waals surface area (Å²) < 4.78 is 10.8. The highest BCUT2D eigenvalue weighted by molar-refractivity contribution is 8.00. The van der Waals surface area contributed by atoms with Gasteiger partial charge in [-0.2, -0.15) is 0 Å². The van der Waals surface area contributed by atoms with Crippen LogP contribution in [0, 0.1) is 0 Å². The monoisotopic (exact) mass is 393 g/mol. The quantitative estimate of drug-likeness (QED) is 0.689. The predicted octanol–water partition coefficient (Wildman–Crippen LogP) is 1.93. The van der Waals surface area contributed by atoms with Crippen LogP contribution < -0.4 is 10.6 Å². The van der Waals surface area contributed by atoms with Gasteiger partial charge in [0.1, 0.15) is 5.37 Å². The van der Waals surface area contributed by atoms with E-state index < -0.39 is 0 Å². The first-order valence-corrected chi connectivity index (χ1v) is 10.3. The second-order valence-electron chi connectivity index (χ2n) is 6.85. The lowest BCUT2D eigenvalue weighted by molar-refractivity contribution is -0.119. The van der Waals surface area contributed by atoms with E-state index in [9.17, 15) is 9.59 Å². The topological polar surface area (TPSA) is 79.9 Å². The Morgan fingerprint density at radius 1 is 1.41 bits per heavy atom. The van der Waals surface area contributed by atoms with Gasteiger partial charge in [0.05, 0.1) is 25.0 Å². The molecule has 1 aromatic carbocycles. The number of hydrogen-bond donors (Lipinski definition) is 2. The van der Waals surface area contributed by atoms with Crippen molar-refractivity contribution in [2.45, 2.75) is 36.6 Å². The van der Waals surface area contributed by atoms with Crippen molar-refractivity contribution in [2.24, 2.45) is 0 Å². The molecule has 0 saturated carbocycles. The highest BCUT2D eigenvalue weighted by Crippen LogP contribution is 2.37. The normalized spacial score (nSPS) is 20.3. The number of fused-ring (bicyclic) bond motifs is 1. The molecule has 2 N–H and O–H groups in total. The van der Waals surface area contributed by atoms with Crippen LogP contribution in [0.1, 0.15) is 30.6 Å². The Morgan fingerprint density at radius 2 is 2.19 bits per heavy atom. The molecule has 0 spiro atoms. The zero-order valence-corrected chi connectivity index (χ0v) is 16.6. The van der Waals surface area contributed by atoms with Crippen molar-refractivity contribution < 1.29 is 19.1 Å². The van der Waals surface area contributed by atoms with Gasteiger partial charge >= 0.3 is 0 Å². The molecular formula is C19H27N3O4S. The van der Waals surface area contributed by atoms with E-state index in [1.807, 2.05) is 19.9 Å². The summed E-state index contributed by atoms with van der Waals surface area (Å²) in [7, 11) is 0. The van der Waals surface area contributed by atoms with E-state index in [1.54, 1.807) is 12.1 Å². The van der Waals surface area contributed by atoms with Gasteiger partial charge in [-0.15, -0.1) is 0 Å². The summed E-state index contributed by atoms with van der Waals surface area (Å²) in [5.74, 6) is -0.185. The molecule has 2 aliphatic rings. The molecule has 0 unspecified atom stereocenters. The summed E-state index contributed by atoms with van der Waals surface area (Å²) in [6.07, 6.45) is 0.964. The molecule has 0 bridgehead atoms. The SMILES string of the molecule is CC(C)OCCCNC(=O)c1ccc2c(c1)NC(=O)[C@H](N1CCOCC1)S2. The fourth-order valence-electron chi connectivity index (χ4n) is 2.99. The van der Waals surface area contributed by atoms with Crippen LogP contribution in [0.2, 0.25) is 0 Å². The summed E-state index contributed by atoms with van der Waals surface area (Å²) in [6.45, 7) is 7.96. The first kappa shape index (κ1) is 20.1. The third-order valence-electron chi connectivity index (χ3n) is 4.40. The van der Waals surface area contributed by atoms with Gasteiger partial charge in [-0.25, -0.2) is 0 Å². The van der Waals surface area contributed by atoms with Crippen LogP contribution in [0.3, 0.4) is 0 Å². The van der Waals surface area contributed by atoms with Crippen LogP contribution >= 0.6 is 11.8 Å².